The minimum atomic E-state index is -0.614. The number of rotatable bonds is 3. The van der Waals surface area contributed by atoms with E-state index >= 15 is 0 Å². The Balaban J connectivity index is 2.26. The molecule has 0 radical (unpaired) electrons. The van der Waals surface area contributed by atoms with E-state index in [-0.39, 0.29) is 5.82 Å². The molecule has 1 heterocycles. The lowest BCUT2D eigenvalue weighted by Gasteiger charge is -2.37. The molecule has 1 aliphatic heterocycles. The molecule has 1 aromatic rings. The van der Waals surface area contributed by atoms with Crippen LogP contribution >= 0.6 is 0 Å². The predicted octanol–water partition coefficient (Wildman–Crippen LogP) is 3.65. The van der Waals surface area contributed by atoms with Crippen molar-refractivity contribution in [2.45, 2.75) is 51.7 Å². The maximum atomic E-state index is 14.2. The van der Waals surface area contributed by atoms with Gasteiger partial charge in [0.1, 0.15) is 5.82 Å². The number of halogens is 1. The fraction of sp³-hybridized carbons (Fsp3) is 0.600. The third-order valence-electron chi connectivity index (χ3n) is 3.86. The molecule has 1 aliphatic rings. The largest absolute Gasteiger partial charge is 0.389 e. The molecule has 100 valence electrons. The molecule has 2 rings (SSSR count). The Kier molecular flexibility index (Phi) is 4.23. The average Bonchev–Trinajstić information content (AvgIpc) is 2.38. The summed E-state index contributed by atoms with van der Waals surface area (Å²) < 4.78 is 14.2. The highest BCUT2D eigenvalue weighted by Gasteiger charge is 2.23. The van der Waals surface area contributed by atoms with E-state index in [1.54, 1.807) is 6.92 Å². The molecule has 0 spiro atoms. The van der Waals surface area contributed by atoms with Crippen LogP contribution in [0.3, 0.4) is 0 Å². The van der Waals surface area contributed by atoms with E-state index in [4.69, 9.17) is 0 Å². The summed E-state index contributed by atoms with van der Waals surface area (Å²) >= 11 is 0. The third kappa shape index (κ3) is 2.66. The third-order valence-corrected chi connectivity index (χ3v) is 3.86. The van der Waals surface area contributed by atoms with Crippen LogP contribution in [-0.2, 0) is 0 Å². The van der Waals surface area contributed by atoms with Crippen LogP contribution < -0.4 is 4.90 Å². The van der Waals surface area contributed by atoms with Crippen molar-refractivity contribution in [1.82, 2.24) is 0 Å². The Morgan fingerprint density at radius 2 is 2.22 bits per heavy atom. The lowest BCUT2D eigenvalue weighted by atomic mass is 9.98. The first-order valence-corrected chi connectivity index (χ1v) is 6.87. The molecule has 1 aromatic carbocycles. The zero-order valence-corrected chi connectivity index (χ0v) is 11.2. The van der Waals surface area contributed by atoms with Gasteiger partial charge in [0.05, 0.1) is 11.8 Å². The number of anilines is 1. The van der Waals surface area contributed by atoms with E-state index in [0.29, 0.717) is 17.3 Å². The van der Waals surface area contributed by atoms with E-state index in [2.05, 4.69) is 11.8 Å². The van der Waals surface area contributed by atoms with Gasteiger partial charge in [0.15, 0.2) is 0 Å². The zero-order valence-electron chi connectivity index (χ0n) is 11.2. The summed E-state index contributed by atoms with van der Waals surface area (Å²) in [6.07, 6.45) is 3.96. The lowest BCUT2D eigenvalue weighted by molar-refractivity contribution is 0.199. The summed E-state index contributed by atoms with van der Waals surface area (Å²) in [7, 11) is 0. The molecule has 0 saturated carbocycles. The fourth-order valence-electron chi connectivity index (χ4n) is 2.76. The van der Waals surface area contributed by atoms with Crippen LogP contribution in [0.15, 0.2) is 18.2 Å². The van der Waals surface area contributed by atoms with E-state index in [9.17, 15) is 9.50 Å². The lowest BCUT2D eigenvalue weighted by Crippen LogP contribution is -2.39. The molecular weight excluding hydrogens is 229 g/mol. The normalized spacial score (nSPS) is 22.0. The van der Waals surface area contributed by atoms with Crippen molar-refractivity contribution >= 4 is 5.69 Å². The van der Waals surface area contributed by atoms with E-state index in [0.717, 1.165) is 25.8 Å². The number of aliphatic hydroxyl groups excluding tert-OH is 1. The molecule has 2 nitrogen and oxygen atoms in total. The minimum absolute atomic E-state index is 0.214. The smallest absolute Gasteiger partial charge is 0.146 e. The predicted molar refractivity (Wildman–Crippen MR) is 72.3 cm³/mol. The summed E-state index contributed by atoms with van der Waals surface area (Å²) in [4.78, 5) is 2.19. The first-order valence-electron chi connectivity index (χ1n) is 6.87. The van der Waals surface area contributed by atoms with Crippen molar-refractivity contribution in [3.8, 4) is 0 Å². The second-order valence-electron chi connectivity index (χ2n) is 5.14. The van der Waals surface area contributed by atoms with Crippen LogP contribution in [0.5, 0.6) is 0 Å². The van der Waals surface area contributed by atoms with Gasteiger partial charge in [0, 0.05) is 12.6 Å². The number of hydrogen-bond donors (Lipinski definition) is 1. The molecule has 1 fully saturated rings. The second-order valence-corrected chi connectivity index (χ2v) is 5.14. The molecule has 0 amide bonds. The Bertz CT molecular complexity index is 405. The van der Waals surface area contributed by atoms with Gasteiger partial charge in [-0.3, -0.25) is 0 Å². The van der Waals surface area contributed by atoms with Gasteiger partial charge in [0.2, 0.25) is 0 Å². The number of hydrogen-bond acceptors (Lipinski definition) is 2. The molecule has 1 N–H and O–H groups in total. The SMILES string of the molecule is CCC1CCCCN1c1ccc([C@H](C)O)cc1F. The van der Waals surface area contributed by atoms with Crippen LogP contribution in [-0.4, -0.2) is 17.7 Å². The highest BCUT2D eigenvalue weighted by Crippen LogP contribution is 2.30. The Hall–Kier alpha value is -1.09. The van der Waals surface area contributed by atoms with E-state index in [1.165, 1.54) is 12.5 Å². The summed E-state index contributed by atoms with van der Waals surface area (Å²) in [5.74, 6) is -0.214. The molecule has 1 saturated heterocycles. The van der Waals surface area contributed by atoms with E-state index in [1.807, 2.05) is 12.1 Å². The van der Waals surface area contributed by atoms with Gasteiger partial charge in [-0.15, -0.1) is 0 Å². The maximum Gasteiger partial charge on any atom is 0.146 e. The first kappa shape index (κ1) is 13.3. The van der Waals surface area contributed by atoms with Gasteiger partial charge < -0.3 is 10.0 Å². The van der Waals surface area contributed by atoms with E-state index < -0.39 is 6.10 Å². The molecule has 1 unspecified atom stereocenters. The monoisotopic (exact) mass is 251 g/mol. The van der Waals surface area contributed by atoms with Crippen molar-refractivity contribution in [3.05, 3.63) is 29.6 Å². The van der Waals surface area contributed by atoms with Crippen molar-refractivity contribution in [2.24, 2.45) is 0 Å². The van der Waals surface area contributed by atoms with Crippen molar-refractivity contribution in [1.29, 1.82) is 0 Å². The van der Waals surface area contributed by atoms with Crippen molar-refractivity contribution in [3.63, 3.8) is 0 Å². The van der Waals surface area contributed by atoms with Crippen LogP contribution in [0.25, 0.3) is 0 Å². The van der Waals surface area contributed by atoms with Gasteiger partial charge in [-0.1, -0.05) is 13.0 Å². The summed E-state index contributed by atoms with van der Waals surface area (Å²) in [5, 5.41) is 9.47. The summed E-state index contributed by atoms with van der Waals surface area (Å²) in [6, 6.07) is 5.54. The molecule has 2 atom stereocenters. The molecular formula is C15H22FNO. The number of nitrogens with zero attached hydrogens (tertiary/aromatic N) is 1. The molecule has 0 aliphatic carbocycles. The Morgan fingerprint density at radius 3 is 2.83 bits per heavy atom. The highest BCUT2D eigenvalue weighted by atomic mass is 19.1. The highest BCUT2D eigenvalue weighted by molar-refractivity contribution is 5.50. The molecule has 3 heteroatoms. The number of benzene rings is 1. The Morgan fingerprint density at radius 1 is 1.44 bits per heavy atom. The maximum absolute atomic E-state index is 14.2. The van der Waals surface area contributed by atoms with Crippen molar-refractivity contribution < 1.29 is 9.50 Å². The second kappa shape index (κ2) is 5.70. The quantitative estimate of drug-likeness (QED) is 0.886. The van der Waals surface area contributed by atoms with Crippen LogP contribution in [0, 0.1) is 5.82 Å². The van der Waals surface area contributed by atoms with Gasteiger partial charge >= 0.3 is 0 Å². The molecule has 0 aromatic heterocycles. The topological polar surface area (TPSA) is 23.5 Å². The fourth-order valence-corrected chi connectivity index (χ4v) is 2.76. The number of aliphatic hydroxyl groups is 1. The number of piperidine rings is 1. The van der Waals surface area contributed by atoms with Gasteiger partial charge in [0.25, 0.3) is 0 Å². The van der Waals surface area contributed by atoms with Crippen LogP contribution in [0.1, 0.15) is 51.2 Å². The van der Waals surface area contributed by atoms with Crippen LogP contribution in [0.4, 0.5) is 10.1 Å². The molecule has 18 heavy (non-hydrogen) atoms. The Labute approximate surface area is 108 Å². The summed E-state index contributed by atoms with van der Waals surface area (Å²) in [6.45, 7) is 4.75. The first-order chi connectivity index (χ1) is 8.63. The standard InChI is InChI=1S/C15H22FNO/c1-3-13-6-4-5-9-17(13)15-8-7-12(11(2)18)10-14(15)16/h7-8,10-11,13,18H,3-6,9H2,1-2H3/t11-,13?/m0/s1. The molecule has 0 bridgehead atoms. The van der Waals surface area contributed by atoms with Gasteiger partial charge in [-0.25, -0.2) is 4.39 Å². The van der Waals surface area contributed by atoms with Gasteiger partial charge in [-0.2, -0.15) is 0 Å². The minimum Gasteiger partial charge on any atom is -0.389 e. The van der Waals surface area contributed by atoms with Crippen LogP contribution in [0.2, 0.25) is 0 Å². The average molecular weight is 251 g/mol. The van der Waals surface area contributed by atoms with Crippen molar-refractivity contribution in [2.75, 3.05) is 11.4 Å². The zero-order chi connectivity index (χ0) is 13.1. The summed E-state index contributed by atoms with van der Waals surface area (Å²) in [5.41, 5.74) is 1.33. The van der Waals surface area contributed by atoms with Gasteiger partial charge in [-0.05, 0) is 50.3 Å².